The zero-order valence-electron chi connectivity index (χ0n) is 8.87. The minimum absolute atomic E-state index is 0.778. The fraction of sp³-hybridized carbons (Fsp3) is 1.00. The first-order valence-electron chi connectivity index (χ1n) is 5.43. The van der Waals surface area contributed by atoms with Gasteiger partial charge in [0.15, 0.2) is 0 Å². The van der Waals surface area contributed by atoms with Gasteiger partial charge in [-0.15, -0.1) is 0 Å². The number of likely N-dealkylation sites (N-methyl/N-ethyl adjacent to an activating group) is 1. The van der Waals surface area contributed by atoms with Crippen molar-refractivity contribution < 1.29 is 0 Å². The lowest BCUT2D eigenvalue weighted by molar-refractivity contribution is 0.0161. The molecule has 3 nitrogen and oxygen atoms in total. The molecule has 2 heterocycles. The highest BCUT2D eigenvalue weighted by atomic mass is 15.6. The Morgan fingerprint density at radius 1 is 1.00 bits per heavy atom. The van der Waals surface area contributed by atoms with Crippen LogP contribution in [0.4, 0.5) is 0 Å². The second-order valence-electron chi connectivity index (χ2n) is 4.48. The van der Waals surface area contributed by atoms with Crippen LogP contribution in [0.3, 0.4) is 0 Å². The van der Waals surface area contributed by atoms with E-state index in [2.05, 4.69) is 29.0 Å². The number of hydrogen-bond donors (Lipinski definition) is 0. The van der Waals surface area contributed by atoms with E-state index in [9.17, 15) is 0 Å². The normalized spacial score (nSPS) is 32.1. The van der Waals surface area contributed by atoms with Gasteiger partial charge in [-0.2, -0.15) is 0 Å². The van der Waals surface area contributed by atoms with Gasteiger partial charge in [0.1, 0.15) is 0 Å². The van der Waals surface area contributed by atoms with Gasteiger partial charge in [-0.1, -0.05) is 0 Å². The Morgan fingerprint density at radius 2 is 1.69 bits per heavy atom. The average Bonchev–Trinajstić information content (AvgIpc) is 2.75. The van der Waals surface area contributed by atoms with E-state index in [0.29, 0.717) is 0 Å². The molecular formula is C10H21N3. The SMILES string of the molecule is CN(C)C1CCN(N2CCCC2)C1. The molecule has 2 rings (SSSR count). The van der Waals surface area contributed by atoms with Gasteiger partial charge >= 0.3 is 0 Å². The topological polar surface area (TPSA) is 9.72 Å². The van der Waals surface area contributed by atoms with Gasteiger partial charge in [-0.05, 0) is 33.4 Å². The summed E-state index contributed by atoms with van der Waals surface area (Å²) in [5.41, 5.74) is 0. The standard InChI is InChI=1S/C10H21N3/c1-11(2)10-5-8-13(9-10)12-6-3-4-7-12/h10H,3-9H2,1-2H3. The molecule has 13 heavy (non-hydrogen) atoms. The van der Waals surface area contributed by atoms with Crippen LogP contribution in [0.2, 0.25) is 0 Å². The highest BCUT2D eigenvalue weighted by Gasteiger charge is 2.28. The van der Waals surface area contributed by atoms with Crippen LogP contribution in [0.1, 0.15) is 19.3 Å². The molecule has 3 heteroatoms. The average molecular weight is 183 g/mol. The van der Waals surface area contributed by atoms with E-state index < -0.39 is 0 Å². The Hall–Kier alpha value is -0.120. The van der Waals surface area contributed by atoms with Crippen LogP contribution in [0.5, 0.6) is 0 Å². The molecule has 0 aromatic heterocycles. The molecule has 2 aliphatic rings. The van der Waals surface area contributed by atoms with E-state index in [1.54, 1.807) is 0 Å². The van der Waals surface area contributed by atoms with E-state index in [4.69, 9.17) is 0 Å². The molecule has 1 unspecified atom stereocenters. The van der Waals surface area contributed by atoms with Crippen molar-refractivity contribution in [1.82, 2.24) is 14.9 Å². The first kappa shape index (κ1) is 9.44. The van der Waals surface area contributed by atoms with Gasteiger partial charge < -0.3 is 4.90 Å². The van der Waals surface area contributed by atoms with Gasteiger partial charge in [0.05, 0.1) is 0 Å². The summed E-state index contributed by atoms with van der Waals surface area (Å²) in [4.78, 5) is 2.36. The van der Waals surface area contributed by atoms with E-state index in [0.717, 1.165) is 6.04 Å². The van der Waals surface area contributed by atoms with Crippen molar-refractivity contribution in [1.29, 1.82) is 0 Å². The Kier molecular flexibility index (Phi) is 2.86. The maximum absolute atomic E-state index is 2.55. The Balaban J connectivity index is 1.83. The number of hydrogen-bond acceptors (Lipinski definition) is 3. The van der Waals surface area contributed by atoms with Crippen LogP contribution in [0.25, 0.3) is 0 Å². The highest BCUT2D eigenvalue weighted by molar-refractivity contribution is 4.80. The first-order valence-corrected chi connectivity index (χ1v) is 5.43. The second-order valence-corrected chi connectivity index (χ2v) is 4.48. The van der Waals surface area contributed by atoms with Crippen molar-refractivity contribution in [3.63, 3.8) is 0 Å². The van der Waals surface area contributed by atoms with E-state index in [1.807, 2.05) is 0 Å². The molecule has 0 aromatic rings. The van der Waals surface area contributed by atoms with Gasteiger partial charge in [-0.25, -0.2) is 10.0 Å². The van der Waals surface area contributed by atoms with Crippen LogP contribution in [-0.4, -0.2) is 61.2 Å². The van der Waals surface area contributed by atoms with Crippen molar-refractivity contribution in [2.45, 2.75) is 25.3 Å². The molecule has 1 atom stereocenters. The first-order chi connectivity index (χ1) is 6.27. The Morgan fingerprint density at radius 3 is 2.23 bits per heavy atom. The summed E-state index contributed by atoms with van der Waals surface area (Å²) in [5.74, 6) is 0. The largest absolute Gasteiger partial charge is 0.305 e. The zero-order chi connectivity index (χ0) is 9.26. The Bertz CT molecular complexity index is 164. The van der Waals surface area contributed by atoms with Crippen LogP contribution in [0.15, 0.2) is 0 Å². The maximum Gasteiger partial charge on any atom is 0.0290 e. The summed E-state index contributed by atoms with van der Waals surface area (Å²) < 4.78 is 0. The lowest BCUT2D eigenvalue weighted by Crippen LogP contribution is -2.41. The minimum Gasteiger partial charge on any atom is -0.305 e. The van der Waals surface area contributed by atoms with Crippen molar-refractivity contribution >= 4 is 0 Å². The predicted octanol–water partition coefficient (Wildman–Crippen LogP) is 0.633. The number of nitrogens with zero attached hydrogens (tertiary/aromatic N) is 3. The molecule has 0 aromatic carbocycles. The number of rotatable bonds is 2. The van der Waals surface area contributed by atoms with Crippen molar-refractivity contribution in [2.24, 2.45) is 0 Å². The van der Waals surface area contributed by atoms with Crippen LogP contribution in [-0.2, 0) is 0 Å². The monoisotopic (exact) mass is 183 g/mol. The van der Waals surface area contributed by atoms with E-state index in [-0.39, 0.29) is 0 Å². The highest BCUT2D eigenvalue weighted by Crippen LogP contribution is 2.19. The molecule has 0 spiro atoms. The van der Waals surface area contributed by atoms with Gasteiger partial charge in [0.2, 0.25) is 0 Å². The van der Waals surface area contributed by atoms with E-state index in [1.165, 1.54) is 45.4 Å². The van der Waals surface area contributed by atoms with Gasteiger partial charge in [0, 0.05) is 32.2 Å². The van der Waals surface area contributed by atoms with Crippen LogP contribution >= 0.6 is 0 Å². The fourth-order valence-corrected chi connectivity index (χ4v) is 2.39. The molecule has 76 valence electrons. The van der Waals surface area contributed by atoms with E-state index >= 15 is 0 Å². The lowest BCUT2D eigenvalue weighted by atomic mass is 10.2. The minimum atomic E-state index is 0.778. The molecule has 0 bridgehead atoms. The van der Waals surface area contributed by atoms with Crippen molar-refractivity contribution in [3.8, 4) is 0 Å². The molecule has 2 saturated heterocycles. The molecule has 2 aliphatic heterocycles. The molecule has 0 radical (unpaired) electrons. The summed E-state index contributed by atoms with van der Waals surface area (Å²) >= 11 is 0. The molecule has 0 saturated carbocycles. The summed E-state index contributed by atoms with van der Waals surface area (Å²) in [5, 5.41) is 5.10. The summed E-state index contributed by atoms with van der Waals surface area (Å²) in [6, 6.07) is 0.778. The third-order valence-corrected chi connectivity index (χ3v) is 3.35. The molecule has 0 amide bonds. The summed E-state index contributed by atoms with van der Waals surface area (Å²) in [6.45, 7) is 5.09. The number of hydrazine groups is 1. The fourth-order valence-electron chi connectivity index (χ4n) is 2.39. The second kappa shape index (κ2) is 3.95. The van der Waals surface area contributed by atoms with Crippen LogP contribution in [0, 0.1) is 0 Å². The lowest BCUT2D eigenvalue weighted by Gasteiger charge is -2.28. The molecule has 2 fully saturated rings. The smallest absolute Gasteiger partial charge is 0.0290 e. The van der Waals surface area contributed by atoms with Crippen LogP contribution < -0.4 is 0 Å². The zero-order valence-corrected chi connectivity index (χ0v) is 8.87. The third kappa shape index (κ3) is 2.03. The van der Waals surface area contributed by atoms with Gasteiger partial charge in [-0.3, -0.25) is 0 Å². The molecular weight excluding hydrogens is 162 g/mol. The molecule has 0 N–H and O–H groups in total. The molecule has 0 aliphatic carbocycles. The maximum atomic E-state index is 2.55. The quantitative estimate of drug-likeness (QED) is 0.622. The summed E-state index contributed by atoms with van der Waals surface area (Å²) in [7, 11) is 4.39. The van der Waals surface area contributed by atoms with Crippen molar-refractivity contribution in [3.05, 3.63) is 0 Å². The third-order valence-electron chi connectivity index (χ3n) is 3.35. The summed E-state index contributed by atoms with van der Waals surface area (Å²) in [6.07, 6.45) is 4.12. The van der Waals surface area contributed by atoms with Crippen molar-refractivity contribution in [2.75, 3.05) is 40.3 Å². The van der Waals surface area contributed by atoms with Gasteiger partial charge in [0.25, 0.3) is 0 Å². The predicted molar refractivity (Wildman–Crippen MR) is 54.5 cm³/mol. The Labute approximate surface area is 81.3 Å².